The van der Waals surface area contributed by atoms with E-state index >= 15 is 0 Å². The van der Waals surface area contributed by atoms with Gasteiger partial charge >= 0.3 is 5.97 Å². The molecule has 0 fully saturated rings. The van der Waals surface area contributed by atoms with Crippen LogP contribution in [0.25, 0.3) is 0 Å². The lowest BCUT2D eigenvalue weighted by Gasteiger charge is -2.33. The second-order valence-corrected chi connectivity index (χ2v) is 6.43. The number of rotatable bonds is 6. The lowest BCUT2D eigenvalue weighted by atomic mass is 9.71. The molecule has 1 aliphatic carbocycles. The third kappa shape index (κ3) is 3.58. The molecule has 0 bridgehead atoms. The topological polar surface area (TPSA) is 26.3 Å². The van der Waals surface area contributed by atoms with Crippen molar-refractivity contribution in [3.8, 4) is 0 Å². The van der Waals surface area contributed by atoms with Crippen molar-refractivity contribution in [3.05, 3.63) is 11.6 Å². The summed E-state index contributed by atoms with van der Waals surface area (Å²) in [5, 5.41) is 0. The minimum absolute atomic E-state index is 0.0439. The van der Waals surface area contributed by atoms with Crippen molar-refractivity contribution in [2.75, 3.05) is 6.61 Å². The van der Waals surface area contributed by atoms with E-state index in [9.17, 15) is 4.79 Å². The monoisotopic (exact) mass is 238 g/mol. The second-order valence-electron chi connectivity index (χ2n) is 6.43. The van der Waals surface area contributed by atoms with Crippen LogP contribution in [-0.2, 0) is 9.53 Å². The van der Waals surface area contributed by atoms with Crippen LogP contribution in [-0.4, -0.2) is 12.6 Å². The first kappa shape index (κ1) is 14.3. The van der Waals surface area contributed by atoms with Crippen LogP contribution in [0.2, 0.25) is 0 Å². The molecule has 0 heterocycles. The molecule has 2 heteroatoms. The van der Waals surface area contributed by atoms with Gasteiger partial charge in [-0.05, 0) is 29.7 Å². The fraction of sp³-hybridized carbons (Fsp3) is 0.800. The smallest absolute Gasteiger partial charge is 0.316 e. The maximum absolute atomic E-state index is 11.6. The lowest BCUT2D eigenvalue weighted by Crippen LogP contribution is -2.24. The average Bonchev–Trinajstić information content (AvgIpc) is 2.96. The van der Waals surface area contributed by atoms with Gasteiger partial charge in [0.2, 0.25) is 0 Å². The van der Waals surface area contributed by atoms with Gasteiger partial charge in [-0.2, -0.15) is 0 Å². The molecular weight excluding hydrogens is 212 g/mol. The van der Waals surface area contributed by atoms with E-state index in [1.54, 1.807) is 0 Å². The largest absolute Gasteiger partial charge is 0.465 e. The first-order chi connectivity index (χ1) is 7.73. The summed E-state index contributed by atoms with van der Waals surface area (Å²) in [6.07, 6.45) is 4.33. The Labute approximate surface area is 105 Å². The first-order valence-corrected chi connectivity index (χ1v) is 6.62. The Hall–Kier alpha value is -0.790. The minimum Gasteiger partial charge on any atom is -0.465 e. The van der Waals surface area contributed by atoms with Crippen LogP contribution in [0.4, 0.5) is 0 Å². The van der Waals surface area contributed by atoms with Gasteiger partial charge in [0.1, 0.15) is 0 Å². The molecule has 0 aromatic carbocycles. The molecule has 17 heavy (non-hydrogen) atoms. The molecule has 0 saturated carbocycles. The molecule has 1 aliphatic rings. The van der Waals surface area contributed by atoms with Gasteiger partial charge in [-0.25, -0.2) is 0 Å². The molecular formula is C15H26O2. The zero-order chi connectivity index (χ0) is 13.3. The number of hydrogen-bond donors (Lipinski definition) is 0. The van der Waals surface area contributed by atoms with Gasteiger partial charge in [0.25, 0.3) is 0 Å². The van der Waals surface area contributed by atoms with E-state index in [-0.39, 0.29) is 17.3 Å². The molecule has 0 aliphatic heterocycles. The van der Waals surface area contributed by atoms with Crippen molar-refractivity contribution in [2.45, 2.75) is 54.4 Å². The van der Waals surface area contributed by atoms with Crippen molar-refractivity contribution >= 4 is 5.97 Å². The standard InChI is InChI=1S/C15H26O2/c1-7-14(3,4)10-15(5,6)12-9-11(12)13(16)17-8-2/h9,11H,7-8,10H2,1-6H3/t11-/m1/s1. The van der Waals surface area contributed by atoms with Crippen molar-refractivity contribution < 1.29 is 9.53 Å². The van der Waals surface area contributed by atoms with Gasteiger partial charge in [-0.15, -0.1) is 0 Å². The molecule has 0 unspecified atom stereocenters. The Morgan fingerprint density at radius 2 is 1.88 bits per heavy atom. The second kappa shape index (κ2) is 4.83. The molecule has 0 radical (unpaired) electrons. The average molecular weight is 238 g/mol. The van der Waals surface area contributed by atoms with Gasteiger partial charge in [0, 0.05) is 0 Å². The van der Waals surface area contributed by atoms with Crippen molar-refractivity contribution in [1.82, 2.24) is 0 Å². The third-order valence-corrected chi connectivity index (χ3v) is 3.77. The summed E-state index contributed by atoms with van der Waals surface area (Å²) in [5.41, 5.74) is 1.70. The van der Waals surface area contributed by atoms with Gasteiger partial charge in [0.05, 0.1) is 12.5 Å². The minimum atomic E-state index is -0.0788. The molecule has 0 aromatic heterocycles. The predicted octanol–water partition coefficient (Wildman–Crippen LogP) is 3.96. The normalized spacial score (nSPS) is 19.9. The Balaban J connectivity index is 2.57. The zero-order valence-corrected chi connectivity index (χ0v) is 12.1. The molecule has 0 spiro atoms. The molecule has 2 nitrogen and oxygen atoms in total. The number of hydrogen-bond acceptors (Lipinski definition) is 2. The Kier molecular flexibility index (Phi) is 4.06. The fourth-order valence-electron chi connectivity index (χ4n) is 2.63. The maximum Gasteiger partial charge on any atom is 0.316 e. The van der Waals surface area contributed by atoms with Crippen molar-refractivity contribution in [2.24, 2.45) is 16.7 Å². The highest BCUT2D eigenvalue weighted by Gasteiger charge is 2.44. The van der Waals surface area contributed by atoms with Crippen molar-refractivity contribution in [1.29, 1.82) is 0 Å². The van der Waals surface area contributed by atoms with E-state index in [0.717, 1.165) is 12.8 Å². The summed E-state index contributed by atoms with van der Waals surface area (Å²) in [6, 6.07) is 0. The van der Waals surface area contributed by atoms with E-state index in [2.05, 4.69) is 40.7 Å². The molecule has 0 N–H and O–H groups in total. The number of carbonyl (C=O) groups excluding carboxylic acids is 1. The van der Waals surface area contributed by atoms with E-state index < -0.39 is 0 Å². The third-order valence-electron chi connectivity index (χ3n) is 3.77. The van der Waals surface area contributed by atoms with E-state index in [1.165, 1.54) is 5.57 Å². The van der Waals surface area contributed by atoms with Crippen LogP contribution in [0, 0.1) is 16.7 Å². The summed E-state index contributed by atoms with van der Waals surface area (Å²) >= 11 is 0. The highest BCUT2D eigenvalue weighted by molar-refractivity contribution is 5.83. The van der Waals surface area contributed by atoms with Crippen LogP contribution < -0.4 is 0 Å². The van der Waals surface area contributed by atoms with Crippen molar-refractivity contribution in [3.63, 3.8) is 0 Å². The van der Waals surface area contributed by atoms with Crippen LogP contribution in [0.15, 0.2) is 11.6 Å². The van der Waals surface area contributed by atoms with Crippen LogP contribution in [0.1, 0.15) is 54.4 Å². The highest BCUT2D eigenvalue weighted by Crippen LogP contribution is 2.50. The predicted molar refractivity (Wildman–Crippen MR) is 70.7 cm³/mol. The number of esters is 1. The Morgan fingerprint density at radius 1 is 1.29 bits per heavy atom. The van der Waals surface area contributed by atoms with Crippen LogP contribution in [0.3, 0.4) is 0 Å². The fourth-order valence-corrected chi connectivity index (χ4v) is 2.63. The van der Waals surface area contributed by atoms with Gasteiger partial charge in [-0.1, -0.05) is 47.1 Å². The Bertz CT molecular complexity index is 324. The molecule has 0 aromatic rings. The van der Waals surface area contributed by atoms with Gasteiger partial charge in [0.15, 0.2) is 0 Å². The summed E-state index contributed by atoms with van der Waals surface area (Å²) in [5.74, 6) is -0.123. The molecule has 1 atom stereocenters. The Morgan fingerprint density at radius 3 is 2.35 bits per heavy atom. The zero-order valence-electron chi connectivity index (χ0n) is 12.1. The quantitative estimate of drug-likeness (QED) is 0.517. The molecule has 0 saturated heterocycles. The summed E-state index contributed by atoms with van der Waals surface area (Å²) in [4.78, 5) is 11.6. The lowest BCUT2D eigenvalue weighted by molar-refractivity contribution is -0.144. The maximum atomic E-state index is 11.6. The number of carbonyl (C=O) groups is 1. The summed E-state index contributed by atoms with van der Waals surface area (Å²) in [6.45, 7) is 13.6. The van der Waals surface area contributed by atoms with E-state index in [0.29, 0.717) is 12.0 Å². The van der Waals surface area contributed by atoms with Crippen LogP contribution >= 0.6 is 0 Å². The highest BCUT2D eigenvalue weighted by atomic mass is 16.5. The number of ether oxygens (including phenoxy) is 1. The molecule has 98 valence electrons. The van der Waals surface area contributed by atoms with Crippen LogP contribution in [0.5, 0.6) is 0 Å². The first-order valence-electron chi connectivity index (χ1n) is 6.62. The van der Waals surface area contributed by atoms with Gasteiger partial charge < -0.3 is 4.74 Å². The van der Waals surface area contributed by atoms with Gasteiger partial charge in [-0.3, -0.25) is 4.79 Å². The molecule has 0 amide bonds. The SMILES string of the molecule is CCOC(=O)[C@@H]1C=C1C(C)(C)CC(C)(C)CC. The summed E-state index contributed by atoms with van der Waals surface area (Å²) < 4.78 is 5.06. The summed E-state index contributed by atoms with van der Waals surface area (Å²) in [7, 11) is 0. The van der Waals surface area contributed by atoms with E-state index in [1.807, 2.05) is 6.92 Å². The molecule has 1 rings (SSSR count). The van der Waals surface area contributed by atoms with E-state index in [4.69, 9.17) is 4.74 Å².